The van der Waals surface area contributed by atoms with Crippen LogP contribution in [0.3, 0.4) is 0 Å². The van der Waals surface area contributed by atoms with Crippen molar-refractivity contribution in [3.63, 3.8) is 0 Å². The Morgan fingerprint density at radius 3 is 2.89 bits per heavy atom. The molecule has 0 radical (unpaired) electrons. The monoisotopic (exact) mass is 384 g/mol. The zero-order valence-electron chi connectivity index (χ0n) is 15.5. The van der Waals surface area contributed by atoms with Gasteiger partial charge in [0, 0.05) is 13.1 Å². The first-order valence-electron chi connectivity index (χ1n) is 9.41. The molecule has 0 bridgehead atoms. The van der Waals surface area contributed by atoms with E-state index in [1.165, 1.54) is 31.0 Å². The minimum Gasteiger partial charge on any atom is -0.353 e. The molecule has 1 aliphatic carbocycles. The lowest BCUT2D eigenvalue weighted by atomic mass is 9.95. The second-order valence-electron chi connectivity index (χ2n) is 7.01. The van der Waals surface area contributed by atoms with Crippen molar-refractivity contribution >= 4 is 28.7 Å². The van der Waals surface area contributed by atoms with E-state index in [0.717, 1.165) is 34.9 Å². The van der Waals surface area contributed by atoms with E-state index in [0.29, 0.717) is 18.3 Å². The van der Waals surface area contributed by atoms with Gasteiger partial charge in [-0.25, -0.2) is 4.98 Å². The van der Waals surface area contributed by atoms with Gasteiger partial charge in [-0.3, -0.25) is 4.79 Å². The largest absolute Gasteiger partial charge is 0.353 e. The molecular formula is C19H24N6OS. The van der Waals surface area contributed by atoms with Crippen molar-refractivity contribution in [1.29, 1.82) is 0 Å². The maximum absolute atomic E-state index is 12.2. The lowest BCUT2D eigenvalue weighted by Crippen LogP contribution is -2.37. The highest BCUT2D eigenvalue weighted by molar-refractivity contribution is 7.99. The van der Waals surface area contributed by atoms with Crippen molar-refractivity contribution in [1.82, 2.24) is 29.6 Å². The Morgan fingerprint density at radius 2 is 2.04 bits per heavy atom. The molecule has 1 aliphatic rings. The molecule has 3 aromatic rings. The Morgan fingerprint density at radius 1 is 1.22 bits per heavy atom. The molecule has 1 fully saturated rings. The van der Waals surface area contributed by atoms with E-state index in [9.17, 15) is 4.79 Å². The summed E-state index contributed by atoms with van der Waals surface area (Å²) in [5.41, 5.74) is 2.04. The number of thioether (sulfide) groups is 1. The van der Waals surface area contributed by atoms with E-state index in [-0.39, 0.29) is 5.91 Å². The van der Waals surface area contributed by atoms with Crippen LogP contribution in [0.25, 0.3) is 11.0 Å². The number of nitrogens with zero attached hydrogens (tertiary/aromatic N) is 5. The van der Waals surface area contributed by atoms with Crippen LogP contribution in [0.1, 0.15) is 37.9 Å². The zero-order valence-corrected chi connectivity index (χ0v) is 16.3. The van der Waals surface area contributed by atoms with Gasteiger partial charge in [0.15, 0.2) is 11.0 Å². The third kappa shape index (κ3) is 4.16. The summed E-state index contributed by atoms with van der Waals surface area (Å²) in [6.07, 6.45) is 7.74. The molecule has 1 aromatic carbocycles. The number of imidazole rings is 1. The number of carbonyl (C=O) groups is 1. The van der Waals surface area contributed by atoms with Crippen LogP contribution in [0.4, 0.5) is 0 Å². The first-order valence-corrected chi connectivity index (χ1v) is 10.4. The summed E-state index contributed by atoms with van der Waals surface area (Å²) >= 11 is 1.43. The van der Waals surface area contributed by atoms with Gasteiger partial charge in [-0.2, -0.15) is 0 Å². The summed E-state index contributed by atoms with van der Waals surface area (Å²) in [5.74, 6) is 1.29. The van der Waals surface area contributed by atoms with Crippen molar-refractivity contribution in [3.05, 3.63) is 36.4 Å². The fourth-order valence-electron chi connectivity index (χ4n) is 3.54. The van der Waals surface area contributed by atoms with Crippen molar-refractivity contribution in [2.75, 3.05) is 5.75 Å². The maximum Gasteiger partial charge on any atom is 0.230 e. The number of amides is 1. The van der Waals surface area contributed by atoms with Gasteiger partial charge in [0.2, 0.25) is 5.91 Å². The lowest BCUT2D eigenvalue weighted by molar-refractivity contribution is -0.119. The highest BCUT2D eigenvalue weighted by atomic mass is 32.2. The Balaban J connectivity index is 1.36. The van der Waals surface area contributed by atoms with Crippen LogP contribution in [-0.2, 0) is 18.4 Å². The number of fused-ring (bicyclic) bond motifs is 1. The van der Waals surface area contributed by atoms with Gasteiger partial charge in [-0.1, -0.05) is 43.2 Å². The van der Waals surface area contributed by atoms with E-state index < -0.39 is 0 Å². The molecule has 0 aliphatic heterocycles. The number of aromatic nitrogens is 5. The molecule has 8 heteroatoms. The Kier molecular flexibility index (Phi) is 5.42. The molecule has 0 spiro atoms. The Hall–Kier alpha value is -2.35. The Labute approximate surface area is 162 Å². The van der Waals surface area contributed by atoms with Crippen LogP contribution in [0.2, 0.25) is 0 Å². The van der Waals surface area contributed by atoms with Gasteiger partial charge in [0.05, 0.1) is 29.7 Å². The number of carbonyl (C=O) groups excluding carboxylic acids is 1. The van der Waals surface area contributed by atoms with Crippen molar-refractivity contribution < 1.29 is 4.79 Å². The fraction of sp³-hybridized carbons (Fsp3) is 0.474. The van der Waals surface area contributed by atoms with Gasteiger partial charge < -0.3 is 14.5 Å². The van der Waals surface area contributed by atoms with Crippen molar-refractivity contribution in [2.45, 2.75) is 49.8 Å². The molecule has 2 aromatic heterocycles. The van der Waals surface area contributed by atoms with E-state index in [1.54, 1.807) is 0 Å². The number of nitrogens with one attached hydrogen (secondary N) is 1. The molecule has 0 saturated heterocycles. The average molecular weight is 385 g/mol. The Bertz CT molecular complexity index is 927. The van der Waals surface area contributed by atoms with Crippen LogP contribution in [0.15, 0.2) is 35.7 Å². The topological polar surface area (TPSA) is 77.6 Å². The number of hydrogen-bond donors (Lipinski definition) is 1. The van der Waals surface area contributed by atoms with Crippen LogP contribution < -0.4 is 5.32 Å². The normalized spacial score (nSPS) is 15.3. The maximum atomic E-state index is 12.2. The van der Waals surface area contributed by atoms with Gasteiger partial charge >= 0.3 is 0 Å². The number of para-hydroxylation sites is 2. The van der Waals surface area contributed by atoms with E-state index in [1.807, 2.05) is 42.2 Å². The molecule has 142 valence electrons. The van der Waals surface area contributed by atoms with Gasteiger partial charge in [0.25, 0.3) is 0 Å². The van der Waals surface area contributed by atoms with E-state index in [2.05, 4.69) is 25.1 Å². The second-order valence-corrected chi connectivity index (χ2v) is 7.95. The molecular weight excluding hydrogens is 360 g/mol. The summed E-state index contributed by atoms with van der Waals surface area (Å²) < 4.78 is 4.01. The summed E-state index contributed by atoms with van der Waals surface area (Å²) in [5, 5.41) is 12.5. The molecule has 1 amide bonds. The van der Waals surface area contributed by atoms with Crippen LogP contribution in [-0.4, -0.2) is 42.0 Å². The number of rotatable bonds is 6. The minimum atomic E-state index is 0.0806. The van der Waals surface area contributed by atoms with Crippen molar-refractivity contribution in [2.24, 2.45) is 7.05 Å². The first-order chi connectivity index (χ1) is 13.2. The number of hydrogen-bond acceptors (Lipinski definition) is 5. The van der Waals surface area contributed by atoms with Crippen LogP contribution >= 0.6 is 11.8 Å². The molecule has 0 unspecified atom stereocenters. The minimum absolute atomic E-state index is 0.0806. The molecule has 4 rings (SSSR count). The smallest absolute Gasteiger partial charge is 0.230 e. The first kappa shape index (κ1) is 18.0. The molecule has 2 heterocycles. The van der Waals surface area contributed by atoms with Gasteiger partial charge in [-0.05, 0) is 25.0 Å². The summed E-state index contributed by atoms with van der Waals surface area (Å²) in [7, 11) is 1.94. The van der Waals surface area contributed by atoms with E-state index >= 15 is 0 Å². The number of benzene rings is 1. The van der Waals surface area contributed by atoms with Crippen LogP contribution in [0.5, 0.6) is 0 Å². The molecule has 7 nitrogen and oxygen atoms in total. The van der Waals surface area contributed by atoms with Crippen molar-refractivity contribution in [3.8, 4) is 0 Å². The molecule has 27 heavy (non-hydrogen) atoms. The quantitative estimate of drug-likeness (QED) is 0.661. The third-order valence-corrected chi connectivity index (χ3v) is 6.09. The highest BCUT2D eigenvalue weighted by Gasteiger charge is 2.17. The predicted octanol–water partition coefficient (Wildman–Crippen LogP) is 2.75. The lowest BCUT2D eigenvalue weighted by Gasteiger charge is -2.22. The highest BCUT2D eigenvalue weighted by Crippen LogP contribution is 2.20. The van der Waals surface area contributed by atoms with E-state index in [4.69, 9.17) is 0 Å². The summed E-state index contributed by atoms with van der Waals surface area (Å²) in [6, 6.07) is 8.37. The molecule has 0 atom stereocenters. The average Bonchev–Trinajstić information content (AvgIpc) is 3.26. The van der Waals surface area contributed by atoms with Crippen LogP contribution in [0, 0.1) is 0 Å². The van der Waals surface area contributed by atoms with Gasteiger partial charge in [0.1, 0.15) is 0 Å². The third-order valence-electron chi connectivity index (χ3n) is 5.07. The fourth-order valence-corrected chi connectivity index (χ4v) is 4.28. The predicted molar refractivity (Wildman–Crippen MR) is 106 cm³/mol. The zero-order chi connectivity index (χ0) is 18.6. The summed E-state index contributed by atoms with van der Waals surface area (Å²) in [6.45, 7) is 0.596. The molecule has 1 N–H and O–H groups in total. The van der Waals surface area contributed by atoms with Gasteiger partial charge in [-0.15, -0.1) is 10.2 Å². The molecule has 1 saturated carbocycles. The standard InChI is InChI=1S/C19H24N6OS/c1-24-17(11-25-13-20-15-9-5-6-10-16(15)25)22-23-19(24)27-12-18(26)21-14-7-3-2-4-8-14/h5-6,9-10,13-14H,2-4,7-8,11-12H2,1H3,(H,21,26). The second kappa shape index (κ2) is 8.12. The summed E-state index contributed by atoms with van der Waals surface area (Å²) in [4.78, 5) is 16.6. The SMILES string of the molecule is Cn1c(Cn2cnc3ccccc32)nnc1SCC(=O)NC1CCCCC1.